The van der Waals surface area contributed by atoms with Crippen molar-refractivity contribution in [3.63, 3.8) is 0 Å². The van der Waals surface area contributed by atoms with E-state index in [1.807, 2.05) is 5.32 Å². The summed E-state index contributed by atoms with van der Waals surface area (Å²) in [6.07, 6.45) is 0. The molecule has 0 saturated heterocycles. The van der Waals surface area contributed by atoms with Gasteiger partial charge in [0.15, 0.2) is 0 Å². The molecule has 0 aromatic carbocycles. The van der Waals surface area contributed by atoms with E-state index in [1.54, 1.807) is 0 Å². The standard InChI is InChI=1S/C12H22N4O7S/c1-5(13)9(19)14-6(2-17)10(20)16-8(4-24)11(21)15-7(3-18)12(22)23/h5-8,17-18,24H,2-4,13H2,1H3,(H,14,19)(H,15,21)(H,16,20)(H,22,23). The second kappa shape index (κ2) is 10.8. The number of amides is 3. The number of carbonyl (C=O) groups is 4. The van der Waals surface area contributed by atoms with Gasteiger partial charge in [-0.05, 0) is 6.92 Å². The zero-order chi connectivity index (χ0) is 18.9. The number of nitrogens with two attached hydrogens (primary N) is 1. The van der Waals surface area contributed by atoms with E-state index in [4.69, 9.17) is 21.1 Å². The van der Waals surface area contributed by atoms with E-state index in [1.165, 1.54) is 6.92 Å². The van der Waals surface area contributed by atoms with E-state index in [2.05, 4.69) is 23.3 Å². The summed E-state index contributed by atoms with van der Waals surface area (Å²) in [5.41, 5.74) is 5.33. The van der Waals surface area contributed by atoms with Gasteiger partial charge in [0, 0.05) is 5.75 Å². The molecule has 11 nitrogen and oxygen atoms in total. The third-order valence-corrected chi connectivity index (χ3v) is 3.21. The second-order valence-electron chi connectivity index (χ2n) is 4.86. The molecule has 0 bridgehead atoms. The summed E-state index contributed by atoms with van der Waals surface area (Å²) in [7, 11) is 0. The van der Waals surface area contributed by atoms with Crippen LogP contribution in [0.1, 0.15) is 6.92 Å². The summed E-state index contributed by atoms with van der Waals surface area (Å²) in [5.74, 6) is -4.09. The van der Waals surface area contributed by atoms with Crippen LogP contribution in [0.15, 0.2) is 0 Å². The molecule has 138 valence electrons. The van der Waals surface area contributed by atoms with Gasteiger partial charge in [-0.15, -0.1) is 0 Å². The fraction of sp³-hybridized carbons (Fsp3) is 0.667. The SMILES string of the molecule is CC(N)C(=O)NC(CO)C(=O)NC(CS)C(=O)NC(CO)C(=O)O. The van der Waals surface area contributed by atoms with Crippen LogP contribution in [0, 0.1) is 0 Å². The van der Waals surface area contributed by atoms with E-state index < -0.39 is 61.1 Å². The molecule has 0 aliphatic carbocycles. The van der Waals surface area contributed by atoms with Gasteiger partial charge in [-0.2, -0.15) is 12.6 Å². The van der Waals surface area contributed by atoms with Crippen LogP contribution < -0.4 is 21.7 Å². The van der Waals surface area contributed by atoms with Gasteiger partial charge in [0.2, 0.25) is 17.7 Å². The van der Waals surface area contributed by atoms with Gasteiger partial charge in [0.1, 0.15) is 18.1 Å². The van der Waals surface area contributed by atoms with Gasteiger partial charge in [-0.3, -0.25) is 14.4 Å². The van der Waals surface area contributed by atoms with E-state index >= 15 is 0 Å². The summed E-state index contributed by atoms with van der Waals surface area (Å²) in [6.45, 7) is -0.190. The molecular weight excluding hydrogens is 344 g/mol. The van der Waals surface area contributed by atoms with Gasteiger partial charge in [0.05, 0.1) is 19.3 Å². The molecule has 24 heavy (non-hydrogen) atoms. The van der Waals surface area contributed by atoms with Crippen molar-refractivity contribution in [2.75, 3.05) is 19.0 Å². The minimum Gasteiger partial charge on any atom is -0.480 e. The first-order valence-electron chi connectivity index (χ1n) is 6.89. The third kappa shape index (κ3) is 7.12. The van der Waals surface area contributed by atoms with Gasteiger partial charge < -0.3 is 37.0 Å². The van der Waals surface area contributed by atoms with Crippen LogP contribution in [0.5, 0.6) is 0 Å². The van der Waals surface area contributed by atoms with Crippen molar-refractivity contribution in [3.05, 3.63) is 0 Å². The maximum Gasteiger partial charge on any atom is 0.328 e. The number of aliphatic hydroxyl groups excluding tert-OH is 2. The molecule has 0 aliphatic heterocycles. The molecule has 0 spiro atoms. The number of aliphatic carboxylic acids is 1. The topological polar surface area (TPSA) is 191 Å². The van der Waals surface area contributed by atoms with Gasteiger partial charge in [-0.25, -0.2) is 4.79 Å². The molecule has 4 atom stereocenters. The molecule has 8 N–H and O–H groups in total. The molecule has 12 heteroatoms. The highest BCUT2D eigenvalue weighted by atomic mass is 32.1. The molecule has 0 rings (SSSR count). The normalized spacial score (nSPS) is 15.5. The number of hydrogen-bond donors (Lipinski definition) is 8. The van der Waals surface area contributed by atoms with E-state index in [0.717, 1.165) is 0 Å². The maximum absolute atomic E-state index is 12.0. The maximum atomic E-state index is 12.0. The van der Waals surface area contributed by atoms with E-state index in [-0.39, 0.29) is 5.75 Å². The number of carboxylic acids is 1. The number of thiol groups is 1. The van der Waals surface area contributed by atoms with Crippen molar-refractivity contribution in [3.8, 4) is 0 Å². The number of rotatable bonds is 10. The highest BCUT2D eigenvalue weighted by Crippen LogP contribution is 1.95. The van der Waals surface area contributed by atoms with Crippen molar-refractivity contribution in [1.29, 1.82) is 0 Å². The first kappa shape index (κ1) is 22.1. The first-order valence-corrected chi connectivity index (χ1v) is 7.53. The lowest BCUT2D eigenvalue weighted by Gasteiger charge is -2.22. The Morgan fingerprint density at radius 1 is 0.917 bits per heavy atom. The largest absolute Gasteiger partial charge is 0.480 e. The van der Waals surface area contributed by atoms with Crippen molar-refractivity contribution in [2.24, 2.45) is 5.73 Å². The average Bonchev–Trinajstić information content (AvgIpc) is 2.53. The fourth-order valence-corrected chi connectivity index (χ4v) is 1.68. The predicted octanol–water partition coefficient (Wildman–Crippen LogP) is -4.21. The molecule has 0 aromatic heterocycles. The molecule has 0 fully saturated rings. The summed E-state index contributed by atoms with van der Waals surface area (Å²) in [4.78, 5) is 46.1. The Bertz CT molecular complexity index is 474. The van der Waals surface area contributed by atoms with Gasteiger partial charge in [0.25, 0.3) is 0 Å². The molecule has 0 aliphatic rings. The minimum absolute atomic E-state index is 0.186. The van der Waals surface area contributed by atoms with Crippen LogP contribution in [-0.2, 0) is 19.2 Å². The van der Waals surface area contributed by atoms with Gasteiger partial charge in [-0.1, -0.05) is 0 Å². The molecule has 0 heterocycles. The Morgan fingerprint density at radius 3 is 1.71 bits per heavy atom. The summed E-state index contributed by atoms with van der Waals surface area (Å²) in [6, 6.07) is -5.03. The summed E-state index contributed by atoms with van der Waals surface area (Å²) in [5, 5.41) is 33.2. The van der Waals surface area contributed by atoms with Crippen LogP contribution in [0.3, 0.4) is 0 Å². The highest BCUT2D eigenvalue weighted by molar-refractivity contribution is 7.80. The quantitative estimate of drug-likeness (QED) is 0.178. The number of carboxylic acid groups (broad SMARTS) is 1. The Labute approximate surface area is 143 Å². The van der Waals surface area contributed by atoms with Gasteiger partial charge >= 0.3 is 5.97 Å². The smallest absolute Gasteiger partial charge is 0.328 e. The Morgan fingerprint density at radius 2 is 1.33 bits per heavy atom. The molecule has 4 unspecified atom stereocenters. The zero-order valence-corrected chi connectivity index (χ0v) is 13.8. The predicted molar refractivity (Wildman–Crippen MR) is 85.1 cm³/mol. The van der Waals surface area contributed by atoms with Crippen LogP contribution in [0.25, 0.3) is 0 Å². The van der Waals surface area contributed by atoms with Crippen molar-refractivity contribution in [2.45, 2.75) is 31.1 Å². The van der Waals surface area contributed by atoms with Crippen LogP contribution in [-0.4, -0.2) is 82.1 Å². The second-order valence-corrected chi connectivity index (χ2v) is 5.22. The van der Waals surface area contributed by atoms with Crippen molar-refractivity contribution < 1.29 is 34.5 Å². The fourth-order valence-electron chi connectivity index (χ4n) is 1.42. The average molecular weight is 366 g/mol. The first-order chi connectivity index (χ1) is 11.2. The Balaban J connectivity index is 4.83. The molecule has 3 amide bonds. The zero-order valence-electron chi connectivity index (χ0n) is 12.9. The van der Waals surface area contributed by atoms with Crippen LogP contribution >= 0.6 is 12.6 Å². The molecular formula is C12H22N4O7S. The third-order valence-electron chi connectivity index (χ3n) is 2.84. The van der Waals surface area contributed by atoms with Crippen LogP contribution in [0.2, 0.25) is 0 Å². The monoisotopic (exact) mass is 366 g/mol. The van der Waals surface area contributed by atoms with Crippen molar-refractivity contribution >= 4 is 36.3 Å². The van der Waals surface area contributed by atoms with Crippen molar-refractivity contribution in [1.82, 2.24) is 16.0 Å². The Kier molecular flexibility index (Phi) is 9.95. The highest BCUT2D eigenvalue weighted by Gasteiger charge is 2.28. The van der Waals surface area contributed by atoms with Crippen LogP contribution in [0.4, 0.5) is 0 Å². The minimum atomic E-state index is -1.54. The number of carbonyl (C=O) groups excluding carboxylic acids is 3. The lowest BCUT2D eigenvalue weighted by atomic mass is 10.2. The Hall–Kier alpha value is -1.89. The number of hydrogen-bond acceptors (Lipinski definition) is 8. The van der Waals surface area contributed by atoms with E-state index in [0.29, 0.717) is 0 Å². The molecule has 0 radical (unpaired) electrons. The molecule has 0 saturated carbocycles. The lowest BCUT2D eigenvalue weighted by molar-refractivity contribution is -0.143. The number of nitrogens with one attached hydrogen (secondary N) is 3. The summed E-state index contributed by atoms with van der Waals surface area (Å²) < 4.78 is 0. The molecule has 0 aromatic rings. The lowest BCUT2D eigenvalue weighted by Crippen LogP contribution is -2.58. The summed E-state index contributed by atoms with van der Waals surface area (Å²) >= 11 is 3.88. The number of aliphatic hydroxyl groups is 2. The van der Waals surface area contributed by atoms with E-state index in [9.17, 15) is 19.2 Å².